The first-order valence-corrected chi connectivity index (χ1v) is 5.32. The second-order valence-electron chi connectivity index (χ2n) is 4.21. The normalized spacial score (nSPS) is 12.9. The van der Waals surface area contributed by atoms with Gasteiger partial charge in [0, 0.05) is 0 Å². The fourth-order valence-electron chi connectivity index (χ4n) is 1.47. The highest BCUT2D eigenvalue weighted by molar-refractivity contribution is 5.96. The number of rotatable bonds is 4. The molecule has 1 amide bonds. The van der Waals surface area contributed by atoms with Crippen molar-refractivity contribution in [2.75, 3.05) is 6.61 Å². The van der Waals surface area contributed by atoms with Crippen molar-refractivity contribution in [2.45, 2.75) is 33.7 Å². The lowest BCUT2D eigenvalue weighted by molar-refractivity contribution is 0.0895. The second-order valence-corrected chi connectivity index (χ2v) is 4.21. The van der Waals surface area contributed by atoms with Crippen LogP contribution < -0.4 is 5.32 Å². The number of carbonyl (C=O) groups is 1. The maximum absolute atomic E-state index is 11.9. The molecule has 1 aromatic heterocycles. The van der Waals surface area contributed by atoms with Crippen LogP contribution in [0.25, 0.3) is 0 Å². The van der Waals surface area contributed by atoms with Crippen molar-refractivity contribution in [1.29, 1.82) is 0 Å². The summed E-state index contributed by atoms with van der Waals surface area (Å²) in [7, 11) is 0. The lowest BCUT2D eigenvalue weighted by Crippen LogP contribution is -2.41. The molecule has 0 fully saturated rings. The molecule has 16 heavy (non-hydrogen) atoms. The molecule has 0 saturated carbocycles. The predicted octanol–water partition coefficient (Wildman–Crippen LogP) is 1.04. The lowest BCUT2D eigenvalue weighted by atomic mass is 10.0. The fraction of sp³-hybridized carbons (Fsp3) is 0.636. The zero-order chi connectivity index (χ0) is 12.3. The molecule has 0 aliphatic carbocycles. The van der Waals surface area contributed by atoms with E-state index in [0.29, 0.717) is 17.0 Å². The summed E-state index contributed by atoms with van der Waals surface area (Å²) < 4.78 is 4.92. The van der Waals surface area contributed by atoms with Gasteiger partial charge in [-0.15, -0.1) is 0 Å². The van der Waals surface area contributed by atoms with E-state index in [4.69, 9.17) is 9.63 Å². The van der Waals surface area contributed by atoms with Gasteiger partial charge in [0.15, 0.2) is 0 Å². The van der Waals surface area contributed by atoms with E-state index in [2.05, 4.69) is 10.5 Å². The van der Waals surface area contributed by atoms with Crippen LogP contribution in [0.3, 0.4) is 0 Å². The van der Waals surface area contributed by atoms with Gasteiger partial charge in [0.25, 0.3) is 5.91 Å². The average Bonchev–Trinajstić information content (AvgIpc) is 2.54. The Bertz CT molecular complexity index is 352. The number of aryl methyl sites for hydroxylation is 2. The van der Waals surface area contributed by atoms with E-state index < -0.39 is 0 Å². The Labute approximate surface area is 94.8 Å². The number of hydrogen-bond donors (Lipinski definition) is 2. The third-order valence-corrected chi connectivity index (χ3v) is 2.58. The standard InChI is InChI=1S/C11H18N2O3/c1-6(2)9(5-14)12-11(15)10-7(3)13-16-8(10)4/h6,9,14H,5H2,1-4H3,(H,12,15). The molecule has 0 spiro atoms. The summed E-state index contributed by atoms with van der Waals surface area (Å²) in [6.07, 6.45) is 0. The molecule has 0 aliphatic rings. The molecule has 1 atom stereocenters. The van der Waals surface area contributed by atoms with Gasteiger partial charge in [0.1, 0.15) is 11.3 Å². The van der Waals surface area contributed by atoms with Crippen LogP contribution in [-0.4, -0.2) is 28.8 Å². The van der Waals surface area contributed by atoms with E-state index >= 15 is 0 Å². The van der Waals surface area contributed by atoms with E-state index in [9.17, 15) is 4.79 Å². The van der Waals surface area contributed by atoms with E-state index in [-0.39, 0.29) is 24.5 Å². The SMILES string of the molecule is Cc1noc(C)c1C(=O)NC(CO)C(C)C. The largest absolute Gasteiger partial charge is 0.394 e. The Kier molecular flexibility index (Phi) is 4.06. The quantitative estimate of drug-likeness (QED) is 0.804. The Morgan fingerprint density at radius 3 is 2.50 bits per heavy atom. The van der Waals surface area contributed by atoms with Crippen LogP contribution >= 0.6 is 0 Å². The molecule has 1 heterocycles. The number of amides is 1. The van der Waals surface area contributed by atoms with Crippen molar-refractivity contribution in [2.24, 2.45) is 5.92 Å². The van der Waals surface area contributed by atoms with Crippen molar-refractivity contribution < 1.29 is 14.4 Å². The number of nitrogens with one attached hydrogen (secondary N) is 1. The maximum atomic E-state index is 11.9. The minimum absolute atomic E-state index is 0.0766. The van der Waals surface area contributed by atoms with E-state index in [1.807, 2.05) is 13.8 Å². The molecule has 0 radical (unpaired) electrons. The summed E-state index contributed by atoms with van der Waals surface area (Å²) in [6.45, 7) is 7.21. The Morgan fingerprint density at radius 2 is 2.12 bits per heavy atom. The lowest BCUT2D eigenvalue weighted by Gasteiger charge is -2.19. The van der Waals surface area contributed by atoms with Gasteiger partial charge in [0.05, 0.1) is 18.3 Å². The molecule has 5 nitrogen and oxygen atoms in total. The summed E-state index contributed by atoms with van der Waals surface area (Å²) in [5, 5.41) is 15.6. The second kappa shape index (κ2) is 5.12. The van der Waals surface area contributed by atoms with Gasteiger partial charge in [-0.3, -0.25) is 4.79 Å². The number of carbonyl (C=O) groups excluding carboxylic acids is 1. The minimum Gasteiger partial charge on any atom is -0.394 e. The van der Waals surface area contributed by atoms with Gasteiger partial charge in [-0.25, -0.2) is 0 Å². The summed E-state index contributed by atoms with van der Waals surface area (Å²) >= 11 is 0. The zero-order valence-corrected chi connectivity index (χ0v) is 10.1. The van der Waals surface area contributed by atoms with Gasteiger partial charge in [0.2, 0.25) is 0 Å². The molecule has 0 bridgehead atoms. The first-order valence-electron chi connectivity index (χ1n) is 5.32. The third kappa shape index (κ3) is 2.61. The van der Waals surface area contributed by atoms with Crippen molar-refractivity contribution in [3.63, 3.8) is 0 Å². The molecular weight excluding hydrogens is 208 g/mol. The summed E-state index contributed by atoms with van der Waals surface area (Å²) in [5.41, 5.74) is 1.02. The molecule has 2 N–H and O–H groups in total. The average molecular weight is 226 g/mol. The maximum Gasteiger partial charge on any atom is 0.257 e. The number of hydrogen-bond acceptors (Lipinski definition) is 4. The first-order chi connectivity index (χ1) is 7.47. The van der Waals surface area contributed by atoms with Crippen LogP contribution in [-0.2, 0) is 0 Å². The minimum atomic E-state index is -0.249. The van der Waals surface area contributed by atoms with Gasteiger partial charge in [-0.05, 0) is 19.8 Å². The Hall–Kier alpha value is -1.36. The van der Waals surface area contributed by atoms with Crippen LogP contribution in [0.2, 0.25) is 0 Å². The molecule has 90 valence electrons. The van der Waals surface area contributed by atoms with E-state index in [1.54, 1.807) is 13.8 Å². The van der Waals surface area contributed by atoms with Gasteiger partial charge in [-0.2, -0.15) is 0 Å². The monoisotopic (exact) mass is 226 g/mol. The van der Waals surface area contributed by atoms with Crippen molar-refractivity contribution in [3.8, 4) is 0 Å². The third-order valence-electron chi connectivity index (χ3n) is 2.58. The topological polar surface area (TPSA) is 75.4 Å². The molecule has 1 aromatic rings. The predicted molar refractivity (Wildman–Crippen MR) is 59.2 cm³/mol. The van der Waals surface area contributed by atoms with Gasteiger partial charge in [-0.1, -0.05) is 19.0 Å². The summed E-state index contributed by atoms with van der Waals surface area (Å²) in [5.74, 6) is 0.425. The van der Waals surface area contributed by atoms with E-state index in [1.165, 1.54) is 0 Å². The number of aliphatic hydroxyl groups excluding tert-OH is 1. The number of aliphatic hydroxyl groups is 1. The molecule has 0 aliphatic heterocycles. The summed E-state index contributed by atoms with van der Waals surface area (Å²) in [6, 6.07) is -0.249. The zero-order valence-electron chi connectivity index (χ0n) is 10.1. The molecule has 0 aromatic carbocycles. The highest BCUT2D eigenvalue weighted by atomic mass is 16.5. The molecule has 1 rings (SSSR count). The van der Waals surface area contributed by atoms with Crippen LogP contribution in [0.4, 0.5) is 0 Å². The van der Waals surface area contributed by atoms with Crippen molar-refractivity contribution in [3.05, 3.63) is 17.0 Å². The fourth-order valence-corrected chi connectivity index (χ4v) is 1.47. The van der Waals surface area contributed by atoms with Gasteiger partial charge >= 0.3 is 0 Å². The number of nitrogens with zero attached hydrogens (tertiary/aromatic N) is 1. The van der Waals surface area contributed by atoms with Crippen LogP contribution in [0, 0.1) is 19.8 Å². The van der Waals surface area contributed by atoms with Crippen molar-refractivity contribution in [1.82, 2.24) is 10.5 Å². The van der Waals surface area contributed by atoms with Crippen LogP contribution in [0.5, 0.6) is 0 Å². The molecular formula is C11H18N2O3. The van der Waals surface area contributed by atoms with E-state index in [0.717, 1.165) is 0 Å². The molecule has 5 heteroatoms. The highest BCUT2D eigenvalue weighted by Crippen LogP contribution is 2.12. The Balaban J connectivity index is 2.80. The van der Waals surface area contributed by atoms with Crippen LogP contribution in [0.1, 0.15) is 35.7 Å². The number of aromatic nitrogens is 1. The smallest absolute Gasteiger partial charge is 0.257 e. The Morgan fingerprint density at radius 1 is 1.50 bits per heavy atom. The summed E-state index contributed by atoms with van der Waals surface area (Å²) in [4.78, 5) is 11.9. The van der Waals surface area contributed by atoms with Crippen LogP contribution in [0.15, 0.2) is 4.52 Å². The molecule has 1 unspecified atom stereocenters. The van der Waals surface area contributed by atoms with Gasteiger partial charge < -0.3 is 14.9 Å². The first kappa shape index (κ1) is 12.7. The molecule has 0 saturated heterocycles. The van der Waals surface area contributed by atoms with Crippen molar-refractivity contribution >= 4 is 5.91 Å². The highest BCUT2D eigenvalue weighted by Gasteiger charge is 2.21.